The molecule has 1 aliphatic heterocycles. The minimum absolute atomic E-state index is 0.0414. The molecule has 0 aromatic heterocycles. The highest BCUT2D eigenvalue weighted by atomic mass is 16.8. The Hall–Kier alpha value is -1.99. The number of para-hydroxylation sites is 1. The first kappa shape index (κ1) is 16.4. The maximum absolute atomic E-state index is 11.8. The Morgan fingerprint density at radius 3 is 2.41 bits per heavy atom. The molecule has 0 amide bonds. The van der Waals surface area contributed by atoms with Gasteiger partial charge in [0.25, 0.3) is 0 Å². The van der Waals surface area contributed by atoms with Crippen LogP contribution in [0.15, 0.2) is 18.2 Å². The molecule has 0 N–H and O–H groups in total. The summed E-state index contributed by atoms with van der Waals surface area (Å²) in [5.41, 5.74) is 0. The molecule has 1 unspecified atom stereocenters. The lowest BCUT2D eigenvalue weighted by Crippen LogP contribution is -2.26. The quantitative estimate of drug-likeness (QED) is 0.610. The lowest BCUT2D eigenvalue weighted by molar-refractivity contribution is -0.143. The third kappa shape index (κ3) is 4.02. The van der Waals surface area contributed by atoms with Crippen LogP contribution in [0.3, 0.4) is 0 Å². The van der Waals surface area contributed by atoms with E-state index in [1.807, 2.05) is 0 Å². The highest BCUT2D eigenvalue weighted by Gasteiger charge is 2.33. The van der Waals surface area contributed by atoms with Gasteiger partial charge in [-0.25, -0.2) is 4.79 Å². The Balaban J connectivity index is 1.92. The van der Waals surface area contributed by atoms with Crippen LogP contribution in [0, 0.1) is 0 Å². The van der Waals surface area contributed by atoms with Crippen molar-refractivity contribution in [3.05, 3.63) is 18.2 Å². The van der Waals surface area contributed by atoms with E-state index in [9.17, 15) is 4.79 Å². The van der Waals surface area contributed by atoms with Crippen molar-refractivity contribution >= 4 is 6.16 Å². The van der Waals surface area contributed by atoms with Gasteiger partial charge in [-0.05, 0) is 26.0 Å². The van der Waals surface area contributed by atoms with Crippen molar-refractivity contribution in [2.75, 3.05) is 27.4 Å². The Morgan fingerprint density at radius 1 is 1.27 bits per heavy atom. The van der Waals surface area contributed by atoms with E-state index in [4.69, 9.17) is 28.4 Å². The van der Waals surface area contributed by atoms with E-state index in [1.54, 1.807) is 32.0 Å². The SMILES string of the molecule is COc1cccc(OC)c1OC(=O)OCC1COC(C)(C)O1. The summed E-state index contributed by atoms with van der Waals surface area (Å²) in [6, 6.07) is 5.03. The smallest absolute Gasteiger partial charge is 0.493 e. The topological polar surface area (TPSA) is 72.5 Å². The second-order valence-electron chi connectivity index (χ2n) is 5.11. The zero-order valence-corrected chi connectivity index (χ0v) is 13.1. The number of ether oxygens (including phenoxy) is 6. The molecule has 0 aliphatic carbocycles. The van der Waals surface area contributed by atoms with Crippen LogP contribution in [-0.2, 0) is 14.2 Å². The first-order chi connectivity index (χ1) is 10.4. The summed E-state index contributed by atoms with van der Waals surface area (Å²) < 4.78 is 31.4. The van der Waals surface area contributed by atoms with E-state index in [0.29, 0.717) is 18.1 Å². The number of rotatable bonds is 5. The molecule has 1 atom stereocenters. The fourth-order valence-electron chi connectivity index (χ4n) is 2.04. The van der Waals surface area contributed by atoms with Crippen molar-refractivity contribution in [1.29, 1.82) is 0 Å². The second-order valence-corrected chi connectivity index (χ2v) is 5.11. The first-order valence-corrected chi connectivity index (χ1v) is 6.82. The summed E-state index contributed by atoms with van der Waals surface area (Å²) >= 11 is 0. The van der Waals surface area contributed by atoms with Crippen molar-refractivity contribution in [1.82, 2.24) is 0 Å². The van der Waals surface area contributed by atoms with Gasteiger partial charge in [0.1, 0.15) is 12.7 Å². The van der Waals surface area contributed by atoms with Crippen LogP contribution in [0.1, 0.15) is 13.8 Å². The molecule has 1 aliphatic rings. The molecule has 7 nitrogen and oxygen atoms in total. The standard InChI is InChI=1S/C15H20O7/c1-15(2)20-9-10(22-15)8-19-14(16)21-13-11(17-3)6-5-7-12(13)18-4/h5-7,10H,8-9H2,1-4H3. The molecular formula is C15H20O7. The van der Waals surface area contributed by atoms with Gasteiger partial charge in [0.15, 0.2) is 17.3 Å². The number of carbonyl (C=O) groups is 1. The molecule has 1 saturated heterocycles. The van der Waals surface area contributed by atoms with Gasteiger partial charge in [-0.3, -0.25) is 0 Å². The van der Waals surface area contributed by atoms with Gasteiger partial charge >= 0.3 is 6.16 Å². The summed E-state index contributed by atoms with van der Waals surface area (Å²) in [5.74, 6) is 0.251. The largest absolute Gasteiger partial charge is 0.514 e. The van der Waals surface area contributed by atoms with Crippen LogP contribution in [0.2, 0.25) is 0 Å². The van der Waals surface area contributed by atoms with E-state index in [1.165, 1.54) is 14.2 Å². The van der Waals surface area contributed by atoms with Crippen LogP contribution >= 0.6 is 0 Å². The number of hydrogen-bond donors (Lipinski definition) is 0. The van der Waals surface area contributed by atoms with Crippen molar-refractivity contribution in [3.8, 4) is 17.2 Å². The monoisotopic (exact) mass is 312 g/mol. The molecule has 2 rings (SSSR count). The van der Waals surface area contributed by atoms with Crippen LogP contribution < -0.4 is 14.2 Å². The molecule has 0 spiro atoms. The molecule has 0 saturated carbocycles. The fourth-order valence-corrected chi connectivity index (χ4v) is 2.04. The molecule has 1 aromatic carbocycles. The Morgan fingerprint density at radius 2 is 1.91 bits per heavy atom. The zero-order chi connectivity index (χ0) is 16.2. The van der Waals surface area contributed by atoms with Crippen LogP contribution in [0.5, 0.6) is 17.2 Å². The van der Waals surface area contributed by atoms with Crippen LogP contribution in [0.25, 0.3) is 0 Å². The number of carbonyl (C=O) groups excluding carboxylic acids is 1. The molecule has 22 heavy (non-hydrogen) atoms. The van der Waals surface area contributed by atoms with Crippen molar-refractivity contribution in [2.24, 2.45) is 0 Å². The van der Waals surface area contributed by atoms with E-state index < -0.39 is 11.9 Å². The van der Waals surface area contributed by atoms with Gasteiger partial charge in [-0.1, -0.05) is 6.07 Å². The fraction of sp³-hybridized carbons (Fsp3) is 0.533. The third-order valence-electron chi connectivity index (χ3n) is 3.02. The predicted molar refractivity (Wildman–Crippen MR) is 76.4 cm³/mol. The molecule has 1 fully saturated rings. The molecule has 1 heterocycles. The Bertz CT molecular complexity index is 504. The lowest BCUT2D eigenvalue weighted by atomic mass is 10.3. The van der Waals surface area contributed by atoms with Crippen LogP contribution in [-0.4, -0.2) is 45.5 Å². The summed E-state index contributed by atoms with van der Waals surface area (Å²) in [6.07, 6.45) is -1.18. The van der Waals surface area contributed by atoms with E-state index >= 15 is 0 Å². The summed E-state index contributed by atoms with van der Waals surface area (Å²) in [6.45, 7) is 3.99. The Kier molecular flexibility index (Phi) is 5.10. The minimum Gasteiger partial charge on any atom is -0.493 e. The molecular weight excluding hydrogens is 292 g/mol. The summed E-state index contributed by atoms with van der Waals surface area (Å²) in [4.78, 5) is 11.8. The van der Waals surface area contributed by atoms with Gasteiger partial charge in [-0.2, -0.15) is 0 Å². The average molecular weight is 312 g/mol. The maximum Gasteiger partial charge on any atom is 0.514 e. The molecule has 0 bridgehead atoms. The summed E-state index contributed by atoms with van der Waals surface area (Å²) in [7, 11) is 2.94. The number of methoxy groups -OCH3 is 2. The lowest BCUT2D eigenvalue weighted by Gasteiger charge is -2.17. The van der Waals surface area contributed by atoms with Gasteiger partial charge in [-0.15, -0.1) is 0 Å². The van der Waals surface area contributed by atoms with Gasteiger partial charge < -0.3 is 28.4 Å². The zero-order valence-electron chi connectivity index (χ0n) is 13.1. The van der Waals surface area contributed by atoms with Crippen molar-refractivity contribution in [2.45, 2.75) is 25.7 Å². The Labute approximate surface area is 129 Å². The van der Waals surface area contributed by atoms with E-state index in [0.717, 1.165) is 0 Å². The average Bonchev–Trinajstić information content (AvgIpc) is 2.84. The van der Waals surface area contributed by atoms with E-state index in [2.05, 4.69) is 0 Å². The van der Waals surface area contributed by atoms with Crippen molar-refractivity contribution in [3.63, 3.8) is 0 Å². The van der Waals surface area contributed by atoms with Gasteiger partial charge in [0, 0.05) is 0 Å². The molecule has 7 heteroatoms. The second kappa shape index (κ2) is 6.85. The van der Waals surface area contributed by atoms with Gasteiger partial charge in [0.2, 0.25) is 5.75 Å². The predicted octanol–water partition coefficient (Wildman–Crippen LogP) is 2.37. The molecule has 0 radical (unpaired) electrons. The maximum atomic E-state index is 11.8. The number of hydrogen-bond acceptors (Lipinski definition) is 7. The molecule has 122 valence electrons. The summed E-state index contributed by atoms with van der Waals surface area (Å²) in [5, 5.41) is 0. The highest BCUT2D eigenvalue weighted by molar-refractivity contribution is 5.67. The van der Waals surface area contributed by atoms with Gasteiger partial charge in [0.05, 0.1) is 20.8 Å². The minimum atomic E-state index is -0.865. The molecule has 1 aromatic rings. The van der Waals surface area contributed by atoms with E-state index in [-0.39, 0.29) is 18.5 Å². The number of benzene rings is 1. The first-order valence-electron chi connectivity index (χ1n) is 6.82. The van der Waals surface area contributed by atoms with Crippen LogP contribution in [0.4, 0.5) is 4.79 Å². The van der Waals surface area contributed by atoms with Crippen molar-refractivity contribution < 1.29 is 33.2 Å². The third-order valence-corrected chi connectivity index (χ3v) is 3.02. The highest BCUT2D eigenvalue weighted by Crippen LogP contribution is 2.37. The normalized spacial score (nSPS) is 19.5.